The molecule has 2 heterocycles. The summed E-state index contributed by atoms with van der Waals surface area (Å²) in [4.78, 5) is 16.2. The summed E-state index contributed by atoms with van der Waals surface area (Å²) in [5.74, 6) is 0.452. The van der Waals surface area contributed by atoms with Gasteiger partial charge in [-0.25, -0.2) is 4.98 Å². The number of nitrogens with one attached hydrogen (secondary N) is 1. The van der Waals surface area contributed by atoms with E-state index in [9.17, 15) is 4.79 Å². The van der Waals surface area contributed by atoms with Gasteiger partial charge in [-0.15, -0.1) is 0 Å². The number of aromatic nitrogens is 2. The van der Waals surface area contributed by atoms with E-state index in [1.165, 1.54) is 0 Å². The Morgan fingerprint density at radius 3 is 2.82 bits per heavy atom. The molecule has 0 atom stereocenters. The molecule has 0 radical (unpaired) electrons. The van der Waals surface area contributed by atoms with Gasteiger partial charge in [0.25, 0.3) is 5.56 Å². The molecule has 1 aromatic rings. The van der Waals surface area contributed by atoms with Gasteiger partial charge in [-0.3, -0.25) is 4.79 Å². The number of hydrogen-bond acceptors (Lipinski definition) is 4. The molecule has 0 unspecified atom stereocenters. The van der Waals surface area contributed by atoms with Gasteiger partial charge in [-0.2, -0.15) is 0 Å². The van der Waals surface area contributed by atoms with Gasteiger partial charge in [0.2, 0.25) is 0 Å². The molecule has 2 rings (SSSR count). The van der Waals surface area contributed by atoms with Crippen molar-refractivity contribution in [3.63, 3.8) is 0 Å². The van der Waals surface area contributed by atoms with E-state index >= 15 is 0 Å². The molecular formula is C12H19N3O2. The maximum atomic E-state index is 12.1. The second-order valence-electron chi connectivity index (χ2n) is 4.61. The molecule has 94 valence electrons. The lowest BCUT2D eigenvalue weighted by Gasteiger charge is -2.23. The molecule has 1 fully saturated rings. The summed E-state index contributed by atoms with van der Waals surface area (Å²) in [6.07, 6.45) is 5.25. The van der Waals surface area contributed by atoms with Crippen LogP contribution in [0.3, 0.4) is 0 Å². The minimum Gasteiger partial charge on any atom is -0.381 e. The molecule has 1 aliphatic rings. The Bertz CT molecular complexity index is 422. The fourth-order valence-electron chi connectivity index (χ4n) is 1.97. The Morgan fingerprint density at radius 1 is 1.47 bits per heavy atom. The molecular weight excluding hydrogens is 218 g/mol. The van der Waals surface area contributed by atoms with Gasteiger partial charge in [0, 0.05) is 37.7 Å². The van der Waals surface area contributed by atoms with Gasteiger partial charge in [0.1, 0.15) is 0 Å². The van der Waals surface area contributed by atoms with E-state index in [2.05, 4.69) is 10.3 Å². The second-order valence-corrected chi connectivity index (χ2v) is 4.61. The summed E-state index contributed by atoms with van der Waals surface area (Å²) in [6, 6.07) is 0.452. The molecule has 0 saturated carbocycles. The van der Waals surface area contributed by atoms with Gasteiger partial charge in [0.15, 0.2) is 5.82 Å². The zero-order valence-corrected chi connectivity index (χ0v) is 10.3. The standard InChI is InChI=1S/C12H19N3O2/c1-9(2)15-6-5-13-11(12(15)16)14-10-3-7-17-8-4-10/h5-6,9-10H,3-4,7-8H2,1-2H3,(H,13,14). The van der Waals surface area contributed by atoms with Crippen LogP contribution in [0.15, 0.2) is 17.2 Å². The highest BCUT2D eigenvalue weighted by Crippen LogP contribution is 2.11. The largest absolute Gasteiger partial charge is 0.381 e. The van der Waals surface area contributed by atoms with E-state index in [4.69, 9.17) is 4.74 Å². The zero-order chi connectivity index (χ0) is 12.3. The first-order chi connectivity index (χ1) is 8.18. The SMILES string of the molecule is CC(C)n1ccnc(NC2CCOCC2)c1=O. The topological polar surface area (TPSA) is 56.1 Å². The van der Waals surface area contributed by atoms with Gasteiger partial charge in [0.05, 0.1) is 0 Å². The van der Waals surface area contributed by atoms with Gasteiger partial charge >= 0.3 is 0 Å². The average Bonchev–Trinajstić information content (AvgIpc) is 2.33. The van der Waals surface area contributed by atoms with Crippen molar-refractivity contribution in [3.8, 4) is 0 Å². The highest BCUT2D eigenvalue weighted by molar-refractivity contribution is 5.32. The first-order valence-electron chi connectivity index (χ1n) is 6.10. The van der Waals surface area contributed by atoms with E-state index < -0.39 is 0 Å². The third-order valence-corrected chi connectivity index (χ3v) is 2.99. The molecule has 0 aliphatic carbocycles. The number of hydrogen-bond donors (Lipinski definition) is 1. The fourth-order valence-corrected chi connectivity index (χ4v) is 1.97. The molecule has 5 nitrogen and oxygen atoms in total. The molecule has 0 amide bonds. The van der Waals surface area contributed by atoms with Crippen LogP contribution in [0.1, 0.15) is 32.7 Å². The van der Waals surface area contributed by atoms with Gasteiger partial charge < -0.3 is 14.6 Å². The van der Waals surface area contributed by atoms with Crippen molar-refractivity contribution in [1.82, 2.24) is 9.55 Å². The predicted molar refractivity (Wildman–Crippen MR) is 66.3 cm³/mol. The smallest absolute Gasteiger partial charge is 0.293 e. The first-order valence-corrected chi connectivity index (χ1v) is 6.10. The van der Waals surface area contributed by atoms with E-state index in [0.717, 1.165) is 26.1 Å². The second kappa shape index (κ2) is 5.31. The molecule has 0 bridgehead atoms. The quantitative estimate of drug-likeness (QED) is 0.863. The van der Waals surface area contributed by atoms with Crippen molar-refractivity contribution in [2.24, 2.45) is 0 Å². The Kier molecular flexibility index (Phi) is 3.78. The highest BCUT2D eigenvalue weighted by atomic mass is 16.5. The van der Waals surface area contributed by atoms with Crippen molar-refractivity contribution >= 4 is 5.82 Å². The van der Waals surface area contributed by atoms with Crippen LogP contribution in [0.2, 0.25) is 0 Å². The fraction of sp³-hybridized carbons (Fsp3) is 0.667. The Labute approximate surface area is 101 Å². The van der Waals surface area contributed by atoms with Crippen molar-refractivity contribution < 1.29 is 4.74 Å². The van der Waals surface area contributed by atoms with Crippen LogP contribution in [0, 0.1) is 0 Å². The average molecular weight is 237 g/mol. The van der Waals surface area contributed by atoms with Crippen LogP contribution < -0.4 is 10.9 Å². The summed E-state index contributed by atoms with van der Waals surface area (Å²) in [5.41, 5.74) is -0.0472. The number of rotatable bonds is 3. The maximum Gasteiger partial charge on any atom is 0.293 e. The van der Waals surface area contributed by atoms with E-state index in [1.54, 1.807) is 17.0 Å². The minimum absolute atomic E-state index is 0.0472. The Morgan fingerprint density at radius 2 is 2.18 bits per heavy atom. The number of nitrogens with zero attached hydrogens (tertiary/aromatic N) is 2. The van der Waals surface area contributed by atoms with Crippen LogP contribution in [-0.2, 0) is 4.74 Å². The lowest BCUT2D eigenvalue weighted by Crippen LogP contribution is -2.33. The van der Waals surface area contributed by atoms with Crippen LogP contribution >= 0.6 is 0 Å². The molecule has 1 aliphatic heterocycles. The molecule has 5 heteroatoms. The van der Waals surface area contributed by atoms with Crippen molar-refractivity contribution in [1.29, 1.82) is 0 Å². The summed E-state index contributed by atoms with van der Waals surface area (Å²) in [6.45, 7) is 5.48. The van der Waals surface area contributed by atoms with Crippen LogP contribution in [-0.4, -0.2) is 28.8 Å². The minimum atomic E-state index is -0.0472. The van der Waals surface area contributed by atoms with E-state index in [1.807, 2.05) is 13.8 Å². The van der Waals surface area contributed by atoms with Crippen molar-refractivity contribution in [2.45, 2.75) is 38.8 Å². The maximum absolute atomic E-state index is 12.1. The van der Waals surface area contributed by atoms with Crippen LogP contribution in [0.25, 0.3) is 0 Å². The normalized spacial score (nSPS) is 17.4. The molecule has 1 N–H and O–H groups in total. The Hall–Kier alpha value is -1.36. The summed E-state index contributed by atoms with van der Waals surface area (Å²) in [5, 5.41) is 3.22. The van der Waals surface area contributed by atoms with E-state index in [0.29, 0.717) is 11.9 Å². The Balaban J connectivity index is 2.15. The number of ether oxygens (including phenoxy) is 1. The highest BCUT2D eigenvalue weighted by Gasteiger charge is 2.16. The monoisotopic (exact) mass is 237 g/mol. The van der Waals surface area contributed by atoms with Crippen LogP contribution in [0.4, 0.5) is 5.82 Å². The lowest BCUT2D eigenvalue weighted by molar-refractivity contribution is 0.0903. The predicted octanol–water partition coefficient (Wildman–Crippen LogP) is 1.42. The molecule has 0 spiro atoms. The van der Waals surface area contributed by atoms with Gasteiger partial charge in [-0.05, 0) is 26.7 Å². The molecule has 17 heavy (non-hydrogen) atoms. The summed E-state index contributed by atoms with van der Waals surface area (Å²) < 4.78 is 6.98. The summed E-state index contributed by atoms with van der Waals surface area (Å²) >= 11 is 0. The van der Waals surface area contributed by atoms with Gasteiger partial charge in [-0.1, -0.05) is 0 Å². The molecule has 0 aromatic carbocycles. The zero-order valence-electron chi connectivity index (χ0n) is 10.3. The lowest BCUT2D eigenvalue weighted by atomic mass is 10.1. The number of anilines is 1. The first kappa shape index (κ1) is 12.1. The van der Waals surface area contributed by atoms with Crippen molar-refractivity contribution in [2.75, 3.05) is 18.5 Å². The third-order valence-electron chi connectivity index (χ3n) is 2.99. The van der Waals surface area contributed by atoms with Crippen LogP contribution in [0.5, 0.6) is 0 Å². The molecule has 1 aromatic heterocycles. The third kappa shape index (κ3) is 2.85. The molecule has 1 saturated heterocycles. The van der Waals surface area contributed by atoms with Crippen molar-refractivity contribution in [3.05, 3.63) is 22.7 Å². The van der Waals surface area contributed by atoms with E-state index in [-0.39, 0.29) is 11.6 Å². The summed E-state index contributed by atoms with van der Waals surface area (Å²) in [7, 11) is 0.